The number of hydrogen-bond donors (Lipinski definition) is 1. The van der Waals surface area contributed by atoms with E-state index >= 15 is 0 Å². The molecule has 1 saturated heterocycles. The summed E-state index contributed by atoms with van der Waals surface area (Å²) in [5, 5.41) is 2.94. The van der Waals surface area contributed by atoms with Gasteiger partial charge in [0.2, 0.25) is 5.91 Å². The lowest BCUT2D eigenvalue weighted by Crippen LogP contribution is -2.48. The molecule has 0 spiro atoms. The minimum absolute atomic E-state index is 0.0178. The van der Waals surface area contributed by atoms with Crippen molar-refractivity contribution in [2.75, 3.05) is 43.9 Å². The van der Waals surface area contributed by atoms with Crippen LogP contribution < -0.4 is 10.2 Å². The molecule has 1 N–H and O–H groups in total. The fourth-order valence-electron chi connectivity index (χ4n) is 4.08. The van der Waals surface area contributed by atoms with E-state index < -0.39 is 0 Å². The van der Waals surface area contributed by atoms with E-state index in [9.17, 15) is 9.59 Å². The summed E-state index contributed by atoms with van der Waals surface area (Å²) in [6.07, 6.45) is 2.24. The molecule has 2 aromatic carbocycles. The number of carbonyl (C=O) groups is 2. The van der Waals surface area contributed by atoms with Crippen LogP contribution in [-0.4, -0.2) is 61.4 Å². The number of piperidine rings is 1. The lowest BCUT2D eigenvalue weighted by Gasteiger charge is -2.36. The summed E-state index contributed by atoms with van der Waals surface area (Å²) in [6.45, 7) is 2.14. The summed E-state index contributed by atoms with van der Waals surface area (Å²) < 4.78 is 0. The van der Waals surface area contributed by atoms with E-state index in [0.29, 0.717) is 35.2 Å². The first-order valence-electron chi connectivity index (χ1n) is 9.76. The fourth-order valence-corrected chi connectivity index (χ4v) is 4.08. The van der Waals surface area contributed by atoms with Crippen LogP contribution in [0.1, 0.15) is 23.2 Å². The molecule has 0 radical (unpaired) electrons. The Labute approximate surface area is 165 Å². The number of likely N-dealkylation sites (N-methyl/N-ethyl adjacent to an activating group) is 1. The largest absolute Gasteiger partial charge is 0.320 e. The third-order valence-corrected chi connectivity index (χ3v) is 5.60. The Morgan fingerprint density at radius 2 is 1.82 bits per heavy atom. The molecule has 4 rings (SSSR count). The Morgan fingerprint density at radius 3 is 2.61 bits per heavy atom. The summed E-state index contributed by atoms with van der Waals surface area (Å²) >= 11 is 0. The molecular formula is C22H26N4O2. The molecule has 1 atom stereocenters. The normalized spacial score (nSPS) is 19.6. The average molecular weight is 378 g/mol. The number of hydrogen-bond acceptors (Lipinski definition) is 4. The summed E-state index contributed by atoms with van der Waals surface area (Å²) in [4.78, 5) is 32.3. The van der Waals surface area contributed by atoms with Gasteiger partial charge < -0.3 is 10.2 Å². The van der Waals surface area contributed by atoms with Gasteiger partial charge in [0.1, 0.15) is 0 Å². The van der Waals surface area contributed by atoms with Crippen LogP contribution in [0.15, 0.2) is 48.5 Å². The van der Waals surface area contributed by atoms with Gasteiger partial charge in [-0.15, -0.1) is 0 Å². The maximum Gasteiger partial charge on any atom is 0.257 e. The molecule has 0 aliphatic carbocycles. The second-order valence-corrected chi connectivity index (χ2v) is 7.71. The molecule has 0 bridgehead atoms. The molecule has 2 aliphatic rings. The van der Waals surface area contributed by atoms with Crippen LogP contribution in [0.3, 0.4) is 0 Å². The number of anilines is 3. The molecule has 0 saturated carbocycles. The van der Waals surface area contributed by atoms with E-state index in [1.165, 1.54) is 0 Å². The molecule has 1 fully saturated rings. The van der Waals surface area contributed by atoms with Gasteiger partial charge in [-0.05, 0) is 57.7 Å². The third kappa shape index (κ3) is 3.53. The Morgan fingerprint density at radius 1 is 1.11 bits per heavy atom. The number of likely N-dealkylation sites (tertiary alicyclic amines) is 1. The predicted octanol–water partition coefficient (Wildman–Crippen LogP) is 2.94. The average Bonchev–Trinajstić information content (AvgIpc) is 2.82. The van der Waals surface area contributed by atoms with E-state index in [1.807, 2.05) is 42.5 Å². The van der Waals surface area contributed by atoms with Gasteiger partial charge in [-0.3, -0.25) is 19.4 Å². The Hall–Kier alpha value is -2.70. The summed E-state index contributed by atoms with van der Waals surface area (Å²) in [5.41, 5.74) is 2.52. The van der Waals surface area contributed by atoms with Gasteiger partial charge in [0.05, 0.1) is 29.2 Å². The lowest BCUT2D eigenvalue weighted by atomic mass is 10.0. The third-order valence-electron chi connectivity index (χ3n) is 5.60. The highest BCUT2D eigenvalue weighted by Crippen LogP contribution is 2.37. The van der Waals surface area contributed by atoms with Crippen molar-refractivity contribution in [1.29, 1.82) is 0 Å². The van der Waals surface area contributed by atoms with Crippen molar-refractivity contribution in [3.05, 3.63) is 54.1 Å². The highest BCUT2D eigenvalue weighted by Gasteiger charge is 2.31. The molecule has 1 unspecified atom stereocenters. The fraction of sp³-hybridized carbons (Fsp3) is 0.364. The van der Waals surface area contributed by atoms with Crippen LogP contribution in [0.2, 0.25) is 0 Å². The van der Waals surface area contributed by atoms with Crippen molar-refractivity contribution < 1.29 is 9.59 Å². The molecule has 2 aromatic rings. The first-order valence-corrected chi connectivity index (χ1v) is 9.76. The van der Waals surface area contributed by atoms with Crippen LogP contribution in [0.25, 0.3) is 0 Å². The Bertz CT molecular complexity index is 896. The highest BCUT2D eigenvalue weighted by molar-refractivity contribution is 6.17. The minimum Gasteiger partial charge on any atom is -0.320 e. The van der Waals surface area contributed by atoms with E-state index in [2.05, 4.69) is 29.2 Å². The van der Waals surface area contributed by atoms with Gasteiger partial charge in [-0.25, -0.2) is 0 Å². The van der Waals surface area contributed by atoms with Gasteiger partial charge in [0.15, 0.2) is 0 Å². The number of nitrogens with one attached hydrogen (secondary N) is 1. The van der Waals surface area contributed by atoms with Gasteiger partial charge in [-0.1, -0.05) is 24.3 Å². The molecule has 2 aliphatic heterocycles. The van der Waals surface area contributed by atoms with Crippen molar-refractivity contribution in [2.24, 2.45) is 0 Å². The Balaban J connectivity index is 1.67. The molecular weight excluding hydrogens is 352 g/mol. The minimum atomic E-state index is -0.191. The SMILES string of the molecule is CN(C)C1CCCN(CC(=O)N2c3ccccc3NC(=O)c3ccccc32)C1. The molecule has 146 valence electrons. The number of fused-ring (bicyclic) bond motifs is 2. The van der Waals surface area contributed by atoms with Crippen molar-refractivity contribution in [2.45, 2.75) is 18.9 Å². The van der Waals surface area contributed by atoms with Crippen LogP contribution >= 0.6 is 0 Å². The summed E-state index contributed by atoms with van der Waals surface area (Å²) in [7, 11) is 4.18. The van der Waals surface area contributed by atoms with Crippen molar-refractivity contribution in [1.82, 2.24) is 9.80 Å². The molecule has 6 heteroatoms. The maximum atomic E-state index is 13.5. The number of amides is 2. The molecule has 2 heterocycles. The molecule has 6 nitrogen and oxygen atoms in total. The first-order chi connectivity index (χ1) is 13.5. The van der Waals surface area contributed by atoms with Crippen molar-refractivity contribution in [3.63, 3.8) is 0 Å². The predicted molar refractivity (Wildman–Crippen MR) is 111 cm³/mol. The quantitative estimate of drug-likeness (QED) is 0.892. The second-order valence-electron chi connectivity index (χ2n) is 7.71. The number of para-hydroxylation sites is 3. The number of carbonyl (C=O) groups excluding carboxylic acids is 2. The van der Waals surface area contributed by atoms with E-state index in [-0.39, 0.29) is 11.8 Å². The molecule has 28 heavy (non-hydrogen) atoms. The van der Waals surface area contributed by atoms with Gasteiger partial charge >= 0.3 is 0 Å². The highest BCUT2D eigenvalue weighted by atomic mass is 16.2. The smallest absolute Gasteiger partial charge is 0.257 e. The first kappa shape index (κ1) is 18.7. The van der Waals surface area contributed by atoms with Crippen molar-refractivity contribution in [3.8, 4) is 0 Å². The van der Waals surface area contributed by atoms with Gasteiger partial charge in [0, 0.05) is 12.6 Å². The van der Waals surface area contributed by atoms with E-state index in [4.69, 9.17) is 0 Å². The van der Waals surface area contributed by atoms with E-state index in [1.54, 1.807) is 11.0 Å². The number of benzene rings is 2. The van der Waals surface area contributed by atoms with E-state index in [0.717, 1.165) is 25.9 Å². The van der Waals surface area contributed by atoms with Gasteiger partial charge in [-0.2, -0.15) is 0 Å². The standard InChI is InChI=1S/C22H26N4O2/c1-24(2)16-8-7-13-25(14-16)15-21(27)26-19-11-5-3-9-17(19)22(28)23-18-10-4-6-12-20(18)26/h3-6,9-12,16H,7-8,13-15H2,1-2H3,(H,23,28). The van der Waals surface area contributed by atoms with Crippen molar-refractivity contribution >= 4 is 28.9 Å². The van der Waals surface area contributed by atoms with Crippen LogP contribution in [-0.2, 0) is 4.79 Å². The van der Waals surface area contributed by atoms with Crippen LogP contribution in [0, 0.1) is 0 Å². The lowest BCUT2D eigenvalue weighted by molar-refractivity contribution is -0.119. The zero-order valence-electron chi connectivity index (χ0n) is 16.4. The summed E-state index contributed by atoms with van der Waals surface area (Å²) in [5.74, 6) is -0.209. The molecule has 2 amide bonds. The van der Waals surface area contributed by atoms with Crippen LogP contribution in [0.5, 0.6) is 0 Å². The Kier molecular flexibility index (Phi) is 5.15. The van der Waals surface area contributed by atoms with Crippen LogP contribution in [0.4, 0.5) is 17.1 Å². The van der Waals surface area contributed by atoms with Gasteiger partial charge in [0.25, 0.3) is 5.91 Å². The summed E-state index contributed by atoms with van der Waals surface area (Å²) in [6, 6.07) is 15.2. The zero-order chi connectivity index (χ0) is 19.7. The maximum absolute atomic E-state index is 13.5. The second kappa shape index (κ2) is 7.73. The molecule has 0 aromatic heterocycles. The number of nitrogens with zero attached hydrogens (tertiary/aromatic N) is 3. The zero-order valence-corrected chi connectivity index (χ0v) is 16.4. The topological polar surface area (TPSA) is 55.9 Å². The monoisotopic (exact) mass is 378 g/mol. The number of rotatable bonds is 3.